The van der Waals surface area contributed by atoms with Gasteiger partial charge in [0.05, 0.1) is 6.16 Å². The van der Waals surface area contributed by atoms with Gasteiger partial charge in [0.1, 0.15) is 0 Å². The third-order valence-electron chi connectivity index (χ3n) is 1.87. The van der Waals surface area contributed by atoms with E-state index < -0.39 is 7.52 Å². The first-order valence-corrected chi connectivity index (χ1v) is 5.89. The molecule has 0 bridgehead atoms. The summed E-state index contributed by atoms with van der Waals surface area (Å²) in [5.41, 5.74) is 1.02. The molecule has 1 atom stereocenters. The largest absolute Gasteiger partial charge is 0.321 e. The van der Waals surface area contributed by atoms with Crippen LogP contribution >= 0.6 is 7.52 Å². The molecule has 0 heterocycles. The van der Waals surface area contributed by atoms with Gasteiger partial charge < -0.3 is 4.52 Å². The minimum absolute atomic E-state index is 0.431. The molecule has 1 aromatic rings. The maximum absolute atomic E-state index is 11.8. The van der Waals surface area contributed by atoms with Crippen molar-refractivity contribution in [2.24, 2.45) is 0 Å². The van der Waals surface area contributed by atoms with Crippen molar-refractivity contribution in [3.63, 3.8) is 0 Å². The minimum Gasteiger partial charge on any atom is -0.321 e. The van der Waals surface area contributed by atoms with Crippen LogP contribution in [0.5, 0.6) is 0 Å². The molecular weight excluding hydrogens is 185 g/mol. The van der Waals surface area contributed by atoms with Crippen molar-refractivity contribution in [3.8, 4) is 0 Å². The highest BCUT2D eigenvalue weighted by Gasteiger charge is 2.18. The lowest BCUT2D eigenvalue weighted by Gasteiger charge is -2.14. The lowest BCUT2D eigenvalue weighted by molar-refractivity contribution is 0.384. The van der Waals surface area contributed by atoms with E-state index in [1.807, 2.05) is 30.3 Å². The molecule has 0 fully saturated rings. The molecule has 0 aliphatic rings. The molecule has 0 radical (unpaired) electrons. The molecule has 1 aromatic carbocycles. The average Bonchev–Trinajstić information content (AvgIpc) is 2.19. The van der Waals surface area contributed by atoms with Crippen LogP contribution in [0.2, 0.25) is 0 Å². The summed E-state index contributed by atoms with van der Waals surface area (Å²) in [7, 11) is 0.452. The maximum atomic E-state index is 11.8. The Kier molecular flexibility index (Phi) is 3.67. The van der Waals surface area contributed by atoms with Crippen LogP contribution in [0.25, 0.3) is 0 Å². The Morgan fingerprint density at radius 1 is 1.38 bits per heavy atom. The van der Waals surface area contributed by atoms with Gasteiger partial charge in [0, 0.05) is 7.11 Å². The van der Waals surface area contributed by atoms with E-state index in [0.29, 0.717) is 6.16 Å². The lowest BCUT2D eigenvalue weighted by atomic mass is 10.2. The highest BCUT2D eigenvalue weighted by atomic mass is 31.2. The van der Waals surface area contributed by atoms with Crippen LogP contribution in [0.1, 0.15) is 5.56 Å². The molecule has 1 rings (SSSR count). The molecule has 0 saturated heterocycles. The summed E-state index contributed by atoms with van der Waals surface area (Å²) < 4.78 is 16.7. The molecule has 0 aliphatic heterocycles. The SMILES string of the molecule is CNP(=O)(Cc1ccccc1)OC. The topological polar surface area (TPSA) is 38.3 Å². The molecule has 13 heavy (non-hydrogen) atoms. The van der Waals surface area contributed by atoms with Gasteiger partial charge in [0.2, 0.25) is 0 Å². The van der Waals surface area contributed by atoms with E-state index in [4.69, 9.17) is 4.52 Å². The van der Waals surface area contributed by atoms with Crippen LogP contribution in [0.3, 0.4) is 0 Å². The first-order valence-electron chi connectivity index (χ1n) is 4.08. The molecule has 0 aliphatic carbocycles. The summed E-state index contributed by atoms with van der Waals surface area (Å²) >= 11 is 0. The van der Waals surface area contributed by atoms with Gasteiger partial charge in [0.25, 0.3) is 7.52 Å². The van der Waals surface area contributed by atoms with Crippen LogP contribution in [0.15, 0.2) is 30.3 Å². The summed E-state index contributed by atoms with van der Waals surface area (Å²) in [6, 6.07) is 9.64. The van der Waals surface area contributed by atoms with Crippen molar-refractivity contribution in [3.05, 3.63) is 35.9 Å². The highest BCUT2D eigenvalue weighted by Crippen LogP contribution is 2.44. The summed E-state index contributed by atoms with van der Waals surface area (Å²) in [4.78, 5) is 0. The Balaban J connectivity index is 2.74. The smallest absolute Gasteiger partial charge is 0.273 e. The van der Waals surface area contributed by atoms with Gasteiger partial charge in [-0.05, 0) is 12.6 Å². The van der Waals surface area contributed by atoms with Gasteiger partial charge >= 0.3 is 0 Å². The standard InChI is InChI=1S/C9H14NO2P/c1-10-13(11,12-2)8-9-6-4-3-5-7-9/h3-7H,8H2,1-2H3,(H,10,11). The van der Waals surface area contributed by atoms with Gasteiger partial charge in [-0.15, -0.1) is 0 Å². The van der Waals surface area contributed by atoms with Gasteiger partial charge in [-0.25, -0.2) is 5.09 Å². The molecule has 0 aromatic heterocycles. The van der Waals surface area contributed by atoms with Gasteiger partial charge in [-0.2, -0.15) is 0 Å². The van der Waals surface area contributed by atoms with Crippen molar-refractivity contribution >= 4 is 7.52 Å². The summed E-state index contributed by atoms with van der Waals surface area (Å²) in [6.07, 6.45) is 0.431. The Morgan fingerprint density at radius 3 is 2.46 bits per heavy atom. The zero-order chi connectivity index (χ0) is 9.73. The summed E-state index contributed by atoms with van der Waals surface area (Å²) in [5, 5.41) is 2.71. The Bertz CT molecular complexity index is 292. The number of hydrogen-bond acceptors (Lipinski definition) is 2. The zero-order valence-electron chi connectivity index (χ0n) is 7.86. The molecule has 3 nitrogen and oxygen atoms in total. The average molecular weight is 199 g/mol. The second-order valence-electron chi connectivity index (χ2n) is 2.72. The van der Waals surface area contributed by atoms with Crippen LogP contribution < -0.4 is 5.09 Å². The number of rotatable bonds is 4. The normalized spacial score (nSPS) is 15.2. The zero-order valence-corrected chi connectivity index (χ0v) is 8.75. The Morgan fingerprint density at radius 2 is 2.00 bits per heavy atom. The van der Waals surface area contributed by atoms with Crippen molar-refractivity contribution in [2.75, 3.05) is 14.2 Å². The predicted octanol–water partition coefficient (Wildman–Crippen LogP) is 2.25. The van der Waals surface area contributed by atoms with Crippen molar-refractivity contribution in [1.82, 2.24) is 5.09 Å². The molecule has 72 valence electrons. The van der Waals surface area contributed by atoms with E-state index in [9.17, 15) is 4.57 Å². The van der Waals surface area contributed by atoms with Crippen LogP contribution in [0.4, 0.5) is 0 Å². The fraction of sp³-hybridized carbons (Fsp3) is 0.333. The summed E-state index contributed by atoms with van der Waals surface area (Å²) in [6.45, 7) is 0. The lowest BCUT2D eigenvalue weighted by Crippen LogP contribution is -2.06. The molecule has 0 spiro atoms. The fourth-order valence-corrected chi connectivity index (χ4v) is 2.22. The molecule has 1 unspecified atom stereocenters. The van der Waals surface area contributed by atoms with Gasteiger partial charge in [0.15, 0.2) is 0 Å². The van der Waals surface area contributed by atoms with Crippen molar-refractivity contribution < 1.29 is 9.09 Å². The van der Waals surface area contributed by atoms with Crippen LogP contribution in [-0.4, -0.2) is 14.2 Å². The van der Waals surface area contributed by atoms with E-state index >= 15 is 0 Å². The quantitative estimate of drug-likeness (QED) is 0.756. The molecule has 1 N–H and O–H groups in total. The number of hydrogen-bond donors (Lipinski definition) is 1. The van der Waals surface area contributed by atoms with Crippen LogP contribution in [-0.2, 0) is 15.3 Å². The second-order valence-corrected chi connectivity index (χ2v) is 5.20. The first kappa shape index (κ1) is 10.5. The molecular formula is C9H14NO2P. The third kappa shape index (κ3) is 2.96. The van der Waals surface area contributed by atoms with E-state index in [1.54, 1.807) is 7.05 Å². The van der Waals surface area contributed by atoms with Crippen LogP contribution in [0, 0.1) is 0 Å². The Hall–Kier alpha value is -0.630. The monoisotopic (exact) mass is 199 g/mol. The Labute approximate surface area is 78.6 Å². The van der Waals surface area contributed by atoms with Crippen molar-refractivity contribution in [1.29, 1.82) is 0 Å². The van der Waals surface area contributed by atoms with E-state index in [0.717, 1.165) is 5.56 Å². The van der Waals surface area contributed by atoms with E-state index in [2.05, 4.69) is 5.09 Å². The summed E-state index contributed by atoms with van der Waals surface area (Å²) in [5.74, 6) is 0. The minimum atomic E-state index is -2.65. The third-order valence-corrected chi connectivity index (χ3v) is 3.92. The van der Waals surface area contributed by atoms with Gasteiger partial charge in [-0.1, -0.05) is 30.3 Å². The maximum Gasteiger partial charge on any atom is 0.273 e. The predicted molar refractivity (Wildman–Crippen MR) is 53.8 cm³/mol. The first-order chi connectivity index (χ1) is 6.20. The van der Waals surface area contributed by atoms with Crippen molar-refractivity contribution in [2.45, 2.75) is 6.16 Å². The number of nitrogens with one attached hydrogen (secondary N) is 1. The highest BCUT2D eigenvalue weighted by molar-refractivity contribution is 7.56. The van der Waals surface area contributed by atoms with E-state index in [-0.39, 0.29) is 0 Å². The second kappa shape index (κ2) is 4.56. The number of benzene rings is 1. The molecule has 4 heteroatoms. The van der Waals surface area contributed by atoms with E-state index in [1.165, 1.54) is 7.11 Å². The fourth-order valence-electron chi connectivity index (χ4n) is 1.06. The van der Waals surface area contributed by atoms with Gasteiger partial charge in [-0.3, -0.25) is 4.57 Å². The molecule has 0 amide bonds. The molecule has 0 saturated carbocycles.